The molecule has 0 atom stereocenters. The number of anilines is 3. The first-order valence-electron chi connectivity index (χ1n) is 7.26. The van der Waals surface area contributed by atoms with Crippen molar-refractivity contribution in [2.24, 2.45) is 0 Å². The lowest BCUT2D eigenvalue weighted by Gasteiger charge is -2.07. The van der Waals surface area contributed by atoms with Crippen molar-refractivity contribution < 1.29 is 0 Å². The molecule has 1 aromatic carbocycles. The van der Waals surface area contributed by atoms with Crippen LogP contribution in [0.5, 0.6) is 0 Å². The van der Waals surface area contributed by atoms with Crippen LogP contribution in [0, 0.1) is 0 Å². The predicted octanol–water partition coefficient (Wildman–Crippen LogP) is 4.21. The van der Waals surface area contributed by atoms with Crippen LogP contribution in [0.2, 0.25) is 0 Å². The van der Waals surface area contributed by atoms with Crippen LogP contribution < -0.4 is 10.6 Å². The zero-order valence-electron chi connectivity index (χ0n) is 12.0. The van der Waals surface area contributed by atoms with E-state index < -0.39 is 0 Å². The molecule has 0 aliphatic carbocycles. The first-order valence-corrected chi connectivity index (χ1v) is 7.26. The maximum absolute atomic E-state index is 4.31. The molecule has 0 saturated carbocycles. The Morgan fingerprint density at radius 3 is 2.35 bits per heavy atom. The minimum absolute atomic E-state index is 0.695. The summed E-state index contributed by atoms with van der Waals surface area (Å²) in [6.45, 7) is 3.15. The fourth-order valence-electron chi connectivity index (χ4n) is 1.92. The number of nitrogens with zero attached hydrogens (tertiary/aromatic N) is 2. The highest BCUT2D eigenvalue weighted by Gasteiger charge is 1.97. The van der Waals surface area contributed by atoms with Crippen LogP contribution in [0.3, 0.4) is 0 Å². The molecule has 20 heavy (non-hydrogen) atoms. The monoisotopic (exact) mass is 270 g/mol. The highest BCUT2D eigenvalue weighted by Crippen LogP contribution is 2.14. The van der Waals surface area contributed by atoms with E-state index in [0.29, 0.717) is 5.95 Å². The molecule has 2 rings (SSSR count). The van der Waals surface area contributed by atoms with E-state index in [2.05, 4.69) is 27.5 Å². The molecule has 106 valence electrons. The van der Waals surface area contributed by atoms with Gasteiger partial charge in [0.2, 0.25) is 5.95 Å². The van der Waals surface area contributed by atoms with Crippen molar-refractivity contribution in [3.8, 4) is 0 Å². The molecule has 2 N–H and O–H groups in total. The second-order valence-corrected chi connectivity index (χ2v) is 4.77. The van der Waals surface area contributed by atoms with Gasteiger partial charge in [0.25, 0.3) is 0 Å². The van der Waals surface area contributed by atoms with E-state index in [1.165, 1.54) is 25.7 Å². The lowest BCUT2D eigenvalue weighted by molar-refractivity contribution is 0.683. The molecular formula is C16H22N4. The summed E-state index contributed by atoms with van der Waals surface area (Å²) in [7, 11) is 0. The quantitative estimate of drug-likeness (QED) is 0.705. The molecule has 0 saturated heterocycles. The Morgan fingerprint density at radius 2 is 1.65 bits per heavy atom. The maximum Gasteiger partial charge on any atom is 0.222 e. The van der Waals surface area contributed by atoms with Crippen molar-refractivity contribution in [2.75, 3.05) is 17.2 Å². The van der Waals surface area contributed by atoms with Crippen molar-refractivity contribution in [2.45, 2.75) is 32.6 Å². The summed E-state index contributed by atoms with van der Waals surface area (Å²) in [6.07, 6.45) is 8.58. The van der Waals surface area contributed by atoms with Gasteiger partial charge in [-0.2, -0.15) is 0 Å². The highest BCUT2D eigenvalue weighted by atomic mass is 15.1. The van der Waals surface area contributed by atoms with E-state index in [1.54, 1.807) is 12.4 Å². The Balaban J connectivity index is 1.78. The van der Waals surface area contributed by atoms with Crippen molar-refractivity contribution in [3.05, 3.63) is 42.7 Å². The standard InChI is InChI=1S/C16H22N4/c1-2-3-4-8-11-17-16-18-12-15(13-19-16)20-14-9-6-5-7-10-14/h5-7,9-10,12-13,20H,2-4,8,11H2,1H3,(H,17,18,19). The number of hydrogen-bond acceptors (Lipinski definition) is 4. The summed E-state index contributed by atoms with van der Waals surface area (Å²) in [4.78, 5) is 8.62. The fourth-order valence-corrected chi connectivity index (χ4v) is 1.92. The van der Waals surface area contributed by atoms with Crippen LogP contribution in [0.25, 0.3) is 0 Å². The molecule has 2 aromatic rings. The summed E-state index contributed by atoms with van der Waals surface area (Å²) in [5.41, 5.74) is 1.93. The van der Waals surface area contributed by atoms with Crippen LogP contribution in [0.15, 0.2) is 42.7 Å². The third-order valence-electron chi connectivity index (χ3n) is 3.03. The van der Waals surface area contributed by atoms with E-state index in [-0.39, 0.29) is 0 Å². The van der Waals surface area contributed by atoms with Crippen LogP contribution in [-0.2, 0) is 0 Å². The number of aromatic nitrogens is 2. The number of rotatable bonds is 8. The number of unbranched alkanes of at least 4 members (excludes halogenated alkanes) is 3. The van der Waals surface area contributed by atoms with Crippen LogP contribution in [0.4, 0.5) is 17.3 Å². The smallest absolute Gasteiger partial charge is 0.222 e. The first-order chi connectivity index (χ1) is 9.88. The Bertz CT molecular complexity index is 482. The zero-order valence-corrected chi connectivity index (χ0v) is 12.0. The molecule has 0 unspecified atom stereocenters. The van der Waals surface area contributed by atoms with Gasteiger partial charge in [-0.15, -0.1) is 0 Å². The van der Waals surface area contributed by atoms with Crippen LogP contribution in [-0.4, -0.2) is 16.5 Å². The molecule has 0 fully saturated rings. The van der Waals surface area contributed by atoms with Gasteiger partial charge in [0, 0.05) is 12.2 Å². The fraction of sp³-hybridized carbons (Fsp3) is 0.375. The van der Waals surface area contributed by atoms with E-state index in [0.717, 1.165) is 17.9 Å². The van der Waals surface area contributed by atoms with E-state index in [1.807, 2.05) is 30.3 Å². The molecule has 1 heterocycles. The summed E-state index contributed by atoms with van der Waals surface area (Å²) in [6, 6.07) is 10.0. The van der Waals surface area contributed by atoms with Gasteiger partial charge in [-0.1, -0.05) is 44.4 Å². The van der Waals surface area contributed by atoms with Crippen LogP contribution in [0.1, 0.15) is 32.6 Å². The largest absolute Gasteiger partial charge is 0.354 e. The lowest BCUT2D eigenvalue weighted by atomic mass is 10.2. The van der Waals surface area contributed by atoms with Crippen molar-refractivity contribution in [1.29, 1.82) is 0 Å². The molecule has 0 aliphatic rings. The Hall–Kier alpha value is -2.10. The van der Waals surface area contributed by atoms with E-state index in [4.69, 9.17) is 0 Å². The molecule has 1 aromatic heterocycles. The van der Waals surface area contributed by atoms with E-state index in [9.17, 15) is 0 Å². The molecule has 0 spiro atoms. The van der Waals surface area contributed by atoms with Crippen LogP contribution >= 0.6 is 0 Å². The lowest BCUT2D eigenvalue weighted by Crippen LogP contribution is -2.05. The molecule has 4 heteroatoms. The molecular weight excluding hydrogens is 248 g/mol. The van der Waals surface area contributed by atoms with Gasteiger partial charge in [0.1, 0.15) is 0 Å². The highest BCUT2D eigenvalue weighted by molar-refractivity contribution is 5.57. The molecule has 0 aliphatic heterocycles. The third kappa shape index (κ3) is 4.88. The normalized spacial score (nSPS) is 10.2. The second-order valence-electron chi connectivity index (χ2n) is 4.77. The average molecular weight is 270 g/mol. The summed E-state index contributed by atoms with van der Waals surface area (Å²) >= 11 is 0. The molecule has 0 bridgehead atoms. The van der Waals surface area contributed by atoms with Crippen molar-refractivity contribution in [3.63, 3.8) is 0 Å². The number of hydrogen-bond donors (Lipinski definition) is 2. The minimum Gasteiger partial charge on any atom is -0.354 e. The minimum atomic E-state index is 0.695. The number of nitrogens with one attached hydrogen (secondary N) is 2. The second kappa shape index (κ2) is 8.15. The van der Waals surface area contributed by atoms with E-state index >= 15 is 0 Å². The Morgan fingerprint density at radius 1 is 0.900 bits per heavy atom. The molecule has 0 amide bonds. The molecule has 0 radical (unpaired) electrons. The Kier molecular flexibility index (Phi) is 5.83. The van der Waals surface area contributed by atoms with Gasteiger partial charge in [-0.25, -0.2) is 9.97 Å². The zero-order chi connectivity index (χ0) is 14.0. The predicted molar refractivity (Wildman–Crippen MR) is 84.4 cm³/mol. The van der Waals surface area contributed by atoms with Crippen molar-refractivity contribution >= 4 is 17.3 Å². The number of benzene rings is 1. The topological polar surface area (TPSA) is 49.8 Å². The summed E-state index contributed by atoms with van der Waals surface area (Å²) in [5, 5.41) is 6.51. The van der Waals surface area contributed by atoms with Gasteiger partial charge in [0.15, 0.2) is 0 Å². The first kappa shape index (κ1) is 14.3. The summed E-state index contributed by atoms with van der Waals surface area (Å²) < 4.78 is 0. The van der Waals surface area contributed by atoms with Gasteiger partial charge in [-0.05, 0) is 18.6 Å². The van der Waals surface area contributed by atoms with Gasteiger partial charge in [0.05, 0.1) is 18.1 Å². The molecule has 4 nitrogen and oxygen atoms in total. The summed E-state index contributed by atoms with van der Waals surface area (Å²) in [5.74, 6) is 0.695. The Labute approximate surface area is 120 Å². The SMILES string of the molecule is CCCCCCNc1ncc(Nc2ccccc2)cn1. The number of para-hydroxylation sites is 1. The third-order valence-corrected chi connectivity index (χ3v) is 3.03. The maximum atomic E-state index is 4.31. The van der Waals surface area contributed by atoms with Gasteiger partial charge < -0.3 is 10.6 Å². The van der Waals surface area contributed by atoms with Crippen molar-refractivity contribution in [1.82, 2.24) is 9.97 Å². The average Bonchev–Trinajstić information content (AvgIpc) is 2.50. The van der Waals surface area contributed by atoms with Gasteiger partial charge >= 0.3 is 0 Å². The van der Waals surface area contributed by atoms with Gasteiger partial charge in [-0.3, -0.25) is 0 Å².